The third-order valence-electron chi connectivity index (χ3n) is 9.97. The van der Waals surface area contributed by atoms with Gasteiger partial charge in [0.15, 0.2) is 10.9 Å². The van der Waals surface area contributed by atoms with Crippen LogP contribution in [0.1, 0.15) is 37.7 Å². The van der Waals surface area contributed by atoms with Crippen LogP contribution in [0.25, 0.3) is 32.2 Å². The first-order chi connectivity index (χ1) is 23.3. The van der Waals surface area contributed by atoms with Crippen molar-refractivity contribution in [2.45, 2.75) is 56.0 Å². The topological polar surface area (TPSA) is 101 Å². The number of ether oxygens (including phenoxy) is 1. The molecule has 3 saturated heterocycles. The summed E-state index contributed by atoms with van der Waals surface area (Å²) >= 11 is 0.735. The smallest absolute Gasteiger partial charge is 0.417 e. The minimum absolute atomic E-state index is 0.00107. The molecular formula is C33H33F6N7O2S. The van der Waals surface area contributed by atoms with Gasteiger partial charge in [-0.25, -0.2) is 18.2 Å². The van der Waals surface area contributed by atoms with Gasteiger partial charge in [0, 0.05) is 55.7 Å². The Hall–Kier alpha value is -4.18. The largest absolute Gasteiger partial charge is 0.461 e. The predicted molar refractivity (Wildman–Crippen MR) is 174 cm³/mol. The number of carbonyl (C=O) groups excluding carboxylic acids is 1. The first-order valence-corrected chi connectivity index (χ1v) is 16.7. The van der Waals surface area contributed by atoms with E-state index in [1.165, 1.54) is 6.08 Å². The van der Waals surface area contributed by atoms with Crippen LogP contribution in [0.5, 0.6) is 6.01 Å². The van der Waals surface area contributed by atoms with Crippen LogP contribution >= 0.6 is 11.3 Å². The number of carbonyl (C=O) groups is 1. The van der Waals surface area contributed by atoms with Gasteiger partial charge in [-0.05, 0) is 56.5 Å². The number of aromatic nitrogens is 3. The first-order valence-electron chi connectivity index (χ1n) is 15.9. The molecule has 9 nitrogen and oxygen atoms in total. The summed E-state index contributed by atoms with van der Waals surface area (Å²) in [6.07, 6.45) is -1.97. The van der Waals surface area contributed by atoms with Gasteiger partial charge >= 0.3 is 12.2 Å². The zero-order chi connectivity index (χ0) is 34.8. The van der Waals surface area contributed by atoms with E-state index in [4.69, 9.17) is 10.5 Å². The average molecular weight is 706 g/mol. The quantitative estimate of drug-likeness (QED) is 0.175. The maximum atomic E-state index is 16.9. The third-order valence-corrected chi connectivity index (χ3v) is 10.9. The zero-order valence-electron chi connectivity index (χ0n) is 26.5. The summed E-state index contributed by atoms with van der Waals surface area (Å²) in [5, 5.41) is -0.339. The molecule has 3 atom stereocenters. The van der Waals surface area contributed by atoms with Crippen molar-refractivity contribution in [3.63, 3.8) is 0 Å². The molecule has 5 heterocycles. The van der Waals surface area contributed by atoms with E-state index in [0.717, 1.165) is 36.0 Å². The summed E-state index contributed by atoms with van der Waals surface area (Å²) in [5.41, 5.74) is 2.00. The van der Waals surface area contributed by atoms with Crippen molar-refractivity contribution < 1.29 is 35.9 Å². The number of likely N-dealkylation sites (tertiary alicyclic amines) is 1. The highest BCUT2D eigenvalue weighted by molar-refractivity contribution is 7.22. The fourth-order valence-electron chi connectivity index (χ4n) is 7.63. The second-order valence-electron chi connectivity index (χ2n) is 12.9. The van der Waals surface area contributed by atoms with Gasteiger partial charge < -0.3 is 20.3 Å². The number of hydrogen-bond donors (Lipinski definition) is 1. The molecule has 0 saturated carbocycles. The van der Waals surface area contributed by atoms with Crippen LogP contribution in [-0.4, -0.2) is 88.2 Å². The lowest BCUT2D eigenvalue weighted by molar-refractivity contribution is -0.137. The van der Waals surface area contributed by atoms with Crippen LogP contribution in [-0.2, 0) is 11.0 Å². The number of nitrogens with zero attached hydrogens (tertiary/aromatic N) is 6. The van der Waals surface area contributed by atoms with Gasteiger partial charge in [-0.1, -0.05) is 17.9 Å². The van der Waals surface area contributed by atoms with E-state index in [-0.39, 0.29) is 70.2 Å². The highest BCUT2D eigenvalue weighted by atomic mass is 32.1. The summed E-state index contributed by atoms with van der Waals surface area (Å²) in [7, 11) is 1.61. The van der Waals surface area contributed by atoms with Crippen molar-refractivity contribution in [1.29, 1.82) is 0 Å². The lowest BCUT2D eigenvalue weighted by Gasteiger charge is -2.38. The number of amides is 1. The number of rotatable bonds is 7. The lowest BCUT2D eigenvalue weighted by Crippen LogP contribution is -2.48. The van der Waals surface area contributed by atoms with Gasteiger partial charge in [0.1, 0.15) is 29.9 Å². The molecule has 0 aliphatic carbocycles. The molecular weight excluding hydrogens is 672 g/mol. The SMILES string of the molecule is C=CC(=O)N1CCC[C@@H](N(C)c2nc(OCC34CCCN3C[C@H](F)C4)nc3c(F)c(-c4ccc(F)c5sc(N)nc45)c(C(F)(F)F)cc23)C1. The number of fused-ring (bicyclic) bond motifs is 3. The Morgan fingerprint density at radius 2 is 1.98 bits per heavy atom. The molecule has 3 fully saturated rings. The second-order valence-corrected chi connectivity index (χ2v) is 14.0. The molecule has 7 rings (SSSR count). The monoisotopic (exact) mass is 705 g/mol. The number of nitrogen functional groups attached to an aromatic ring is 1. The number of halogens is 6. The first kappa shape index (κ1) is 33.3. The molecule has 0 spiro atoms. The highest BCUT2D eigenvalue weighted by Crippen LogP contribution is 2.46. The van der Waals surface area contributed by atoms with E-state index in [1.807, 2.05) is 4.90 Å². The molecule has 0 bridgehead atoms. The van der Waals surface area contributed by atoms with Crippen molar-refractivity contribution >= 4 is 49.3 Å². The van der Waals surface area contributed by atoms with Crippen molar-refractivity contribution in [2.24, 2.45) is 0 Å². The van der Waals surface area contributed by atoms with Crippen molar-refractivity contribution in [3.8, 4) is 17.1 Å². The molecule has 260 valence electrons. The summed E-state index contributed by atoms with van der Waals surface area (Å²) in [6.45, 7) is 5.22. The van der Waals surface area contributed by atoms with Crippen LogP contribution in [0.2, 0.25) is 0 Å². The van der Waals surface area contributed by atoms with E-state index in [9.17, 15) is 26.7 Å². The molecule has 3 aliphatic rings. The maximum Gasteiger partial charge on any atom is 0.417 e. The van der Waals surface area contributed by atoms with E-state index in [2.05, 4.69) is 21.5 Å². The Kier molecular flexibility index (Phi) is 8.37. The van der Waals surface area contributed by atoms with E-state index < -0.39 is 52.2 Å². The number of piperidine rings is 1. The number of hydrogen-bond acceptors (Lipinski definition) is 9. The second kappa shape index (κ2) is 12.3. The molecule has 49 heavy (non-hydrogen) atoms. The van der Waals surface area contributed by atoms with Crippen LogP contribution < -0.4 is 15.4 Å². The van der Waals surface area contributed by atoms with E-state index in [0.29, 0.717) is 32.4 Å². The molecule has 2 N–H and O–H groups in total. The molecule has 2 aromatic heterocycles. The molecule has 3 aliphatic heterocycles. The van der Waals surface area contributed by atoms with E-state index in [1.54, 1.807) is 16.8 Å². The number of nitrogens with two attached hydrogens (primary N) is 1. The van der Waals surface area contributed by atoms with Crippen molar-refractivity contribution in [3.05, 3.63) is 48.1 Å². The van der Waals surface area contributed by atoms with E-state index >= 15 is 4.39 Å². The molecule has 1 amide bonds. The van der Waals surface area contributed by atoms with Gasteiger partial charge in [0.05, 0.1) is 21.3 Å². The fourth-order valence-corrected chi connectivity index (χ4v) is 8.39. The average Bonchev–Trinajstić information content (AvgIpc) is 3.74. The van der Waals surface area contributed by atoms with Gasteiger partial charge in [0.25, 0.3) is 0 Å². The van der Waals surface area contributed by atoms with Gasteiger partial charge in [-0.3, -0.25) is 9.69 Å². The Bertz CT molecular complexity index is 1970. The Morgan fingerprint density at radius 1 is 1.18 bits per heavy atom. The van der Waals surface area contributed by atoms with Crippen molar-refractivity contribution in [2.75, 3.05) is 50.5 Å². The molecule has 1 unspecified atom stereocenters. The Labute approximate surface area is 281 Å². The maximum absolute atomic E-state index is 16.9. The van der Waals surface area contributed by atoms with Crippen LogP contribution in [0.15, 0.2) is 30.9 Å². The molecule has 4 aromatic rings. The normalized spacial score (nSPS) is 23.0. The van der Waals surface area contributed by atoms with Gasteiger partial charge in [-0.2, -0.15) is 23.1 Å². The van der Waals surface area contributed by atoms with Crippen LogP contribution in [0.4, 0.5) is 37.3 Å². The summed E-state index contributed by atoms with van der Waals surface area (Å²) in [5.74, 6) is -2.42. The van der Waals surface area contributed by atoms with Gasteiger partial charge in [-0.15, -0.1) is 0 Å². The van der Waals surface area contributed by atoms with Crippen molar-refractivity contribution in [1.82, 2.24) is 24.8 Å². The number of anilines is 2. The molecule has 16 heteroatoms. The predicted octanol–water partition coefficient (Wildman–Crippen LogP) is 6.35. The fraction of sp³-hybridized carbons (Fsp3) is 0.455. The lowest BCUT2D eigenvalue weighted by atomic mass is 9.94. The Balaban J connectivity index is 1.41. The number of alkyl halides is 4. The summed E-state index contributed by atoms with van der Waals surface area (Å²) < 4.78 is 96.7. The summed E-state index contributed by atoms with van der Waals surface area (Å²) in [6, 6.07) is 2.07. The van der Waals surface area contributed by atoms with Crippen LogP contribution in [0, 0.1) is 11.6 Å². The molecule has 0 radical (unpaired) electrons. The van der Waals surface area contributed by atoms with Crippen LogP contribution in [0.3, 0.4) is 0 Å². The minimum Gasteiger partial charge on any atom is -0.461 e. The zero-order valence-corrected chi connectivity index (χ0v) is 27.3. The minimum atomic E-state index is -5.06. The third kappa shape index (κ3) is 5.81. The summed E-state index contributed by atoms with van der Waals surface area (Å²) in [4.78, 5) is 30.6. The van der Waals surface area contributed by atoms with Gasteiger partial charge in [0.2, 0.25) is 5.91 Å². The molecule has 2 aromatic carbocycles. The number of benzene rings is 2. The Morgan fingerprint density at radius 3 is 2.73 bits per heavy atom. The number of likely N-dealkylation sites (N-methyl/N-ethyl adjacent to an activating group) is 1. The highest BCUT2D eigenvalue weighted by Gasteiger charge is 2.49. The standard InChI is InChI=1S/C33H33F6N7O2S/c1-3-23(47)45-10-4-6-18(15-45)44(2)29-20-12-21(33(37,38)39)24(19-7-8-22(35)28-27(19)41-30(40)49-28)25(36)26(20)42-31(43-29)48-16-32-9-5-11-46(32)14-17(34)13-32/h3,7-8,12,17-18H,1,4-6,9-11,13-16H2,2H3,(H2,40,41)/t17-,18-,32?/m1/s1. The number of thiazole rings is 1.